The van der Waals surface area contributed by atoms with E-state index in [-0.39, 0.29) is 17.4 Å². The molecular formula is C12H16BrNO3. The summed E-state index contributed by atoms with van der Waals surface area (Å²) >= 11 is 3.32. The first-order valence-corrected chi connectivity index (χ1v) is 6.59. The number of rotatable bonds is 5. The molecule has 0 saturated heterocycles. The molecule has 0 heterocycles. The van der Waals surface area contributed by atoms with Crippen molar-refractivity contribution in [3.63, 3.8) is 0 Å². The Morgan fingerprint density at radius 2 is 1.88 bits per heavy atom. The Bertz CT molecular complexity index is 375. The van der Waals surface area contributed by atoms with Crippen molar-refractivity contribution >= 4 is 21.8 Å². The summed E-state index contributed by atoms with van der Waals surface area (Å²) in [6, 6.07) is 3.92. The number of halogens is 1. The Morgan fingerprint density at radius 1 is 1.29 bits per heavy atom. The Balaban J connectivity index is 2.85. The molecule has 0 saturated carbocycles. The van der Waals surface area contributed by atoms with Crippen LogP contribution < -0.4 is 0 Å². The van der Waals surface area contributed by atoms with E-state index in [0.29, 0.717) is 18.7 Å². The number of hydrogen-bond acceptors (Lipinski definition) is 3. The molecule has 0 radical (unpaired) electrons. The SMILES string of the molecule is CCN(CCCBr)C(=O)c1cc(O)cc(O)c1. The topological polar surface area (TPSA) is 60.8 Å². The monoisotopic (exact) mass is 301 g/mol. The summed E-state index contributed by atoms with van der Waals surface area (Å²) in [7, 11) is 0. The summed E-state index contributed by atoms with van der Waals surface area (Å²) < 4.78 is 0. The average Bonchev–Trinajstić information content (AvgIpc) is 2.28. The molecule has 4 nitrogen and oxygen atoms in total. The second kappa shape index (κ2) is 6.49. The number of alkyl halides is 1. The van der Waals surface area contributed by atoms with Crippen molar-refractivity contribution in [2.75, 3.05) is 18.4 Å². The van der Waals surface area contributed by atoms with E-state index in [9.17, 15) is 15.0 Å². The molecule has 17 heavy (non-hydrogen) atoms. The third kappa shape index (κ3) is 3.93. The van der Waals surface area contributed by atoms with Gasteiger partial charge in [0.1, 0.15) is 11.5 Å². The number of carbonyl (C=O) groups is 1. The fraction of sp³-hybridized carbons (Fsp3) is 0.417. The first-order valence-electron chi connectivity index (χ1n) is 5.46. The molecule has 0 fully saturated rings. The molecule has 0 atom stereocenters. The van der Waals surface area contributed by atoms with Crippen LogP contribution in [-0.2, 0) is 0 Å². The number of benzene rings is 1. The third-order valence-corrected chi connectivity index (χ3v) is 2.94. The number of nitrogens with zero attached hydrogens (tertiary/aromatic N) is 1. The molecule has 5 heteroatoms. The van der Waals surface area contributed by atoms with Gasteiger partial charge in [-0.25, -0.2) is 0 Å². The highest BCUT2D eigenvalue weighted by Crippen LogP contribution is 2.21. The molecule has 0 unspecified atom stereocenters. The summed E-state index contributed by atoms with van der Waals surface area (Å²) in [5.41, 5.74) is 0.305. The zero-order valence-electron chi connectivity index (χ0n) is 9.69. The van der Waals surface area contributed by atoms with Crippen LogP contribution in [0.1, 0.15) is 23.7 Å². The van der Waals surface area contributed by atoms with Gasteiger partial charge in [-0.2, -0.15) is 0 Å². The number of hydrogen-bond donors (Lipinski definition) is 2. The van der Waals surface area contributed by atoms with Gasteiger partial charge < -0.3 is 15.1 Å². The second-order valence-corrected chi connectivity index (χ2v) is 4.46. The van der Waals surface area contributed by atoms with E-state index in [1.165, 1.54) is 18.2 Å². The number of aromatic hydroxyl groups is 2. The molecule has 0 spiro atoms. The van der Waals surface area contributed by atoms with E-state index < -0.39 is 0 Å². The van der Waals surface area contributed by atoms with Gasteiger partial charge in [0.2, 0.25) is 0 Å². The van der Waals surface area contributed by atoms with E-state index in [0.717, 1.165) is 11.8 Å². The minimum atomic E-state index is -0.181. The molecular weight excluding hydrogens is 286 g/mol. The summed E-state index contributed by atoms with van der Waals surface area (Å²) in [4.78, 5) is 13.8. The lowest BCUT2D eigenvalue weighted by molar-refractivity contribution is 0.0764. The predicted molar refractivity (Wildman–Crippen MR) is 69.8 cm³/mol. The van der Waals surface area contributed by atoms with E-state index >= 15 is 0 Å². The number of phenolic OH excluding ortho intramolecular Hbond substituents is 2. The smallest absolute Gasteiger partial charge is 0.254 e. The van der Waals surface area contributed by atoms with E-state index in [1.54, 1.807) is 4.90 Å². The molecule has 2 N–H and O–H groups in total. The first kappa shape index (κ1) is 13.8. The van der Waals surface area contributed by atoms with E-state index in [1.807, 2.05) is 6.92 Å². The van der Waals surface area contributed by atoms with Crippen molar-refractivity contribution in [3.05, 3.63) is 23.8 Å². The van der Waals surface area contributed by atoms with Gasteiger partial charge in [-0.1, -0.05) is 15.9 Å². The number of phenols is 2. The normalized spacial score (nSPS) is 10.2. The number of amides is 1. The van der Waals surface area contributed by atoms with E-state index in [2.05, 4.69) is 15.9 Å². The van der Waals surface area contributed by atoms with Gasteiger partial charge in [0.15, 0.2) is 0 Å². The average molecular weight is 302 g/mol. The largest absolute Gasteiger partial charge is 0.508 e. The molecule has 1 amide bonds. The van der Waals surface area contributed by atoms with Crippen LogP contribution in [0.5, 0.6) is 11.5 Å². The van der Waals surface area contributed by atoms with Crippen molar-refractivity contribution in [3.8, 4) is 11.5 Å². The number of carbonyl (C=O) groups excluding carboxylic acids is 1. The van der Waals surface area contributed by atoms with Gasteiger partial charge in [0.05, 0.1) is 0 Å². The quantitative estimate of drug-likeness (QED) is 0.821. The highest BCUT2D eigenvalue weighted by molar-refractivity contribution is 9.09. The minimum absolute atomic E-state index is 0.107. The summed E-state index contributed by atoms with van der Waals surface area (Å²) in [5, 5.41) is 19.5. The highest BCUT2D eigenvalue weighted by atomic mass is 79.9. The van der Waals surface area contributed by atoms with Gasteiger partial charge in [0, 0.05) is 30.0 Å². The van der Waals surface area contributed by atoms with Gasteiger partial charge >= 0.3 is 0 Å². The molecule has 0 aliphatic rings. The highest BCUT2D eigenvalue weighted by Gasteiger charge is 2.15. The first-order chi connectivity index (χ1) is 8.08. The fourth-order valence-corrected chi connectivity index (χ4v) is 1.81. The lowest BCUT2D eigenvalue weighted by atomic mass is 10.1. The minimum Gasteiger partial charge on any atom is -0.508 e. The molecule has 94 valence electrons. The van der Waals surface area contributed by atoms with Crippen LogP contribution >= 0.6 is 15.9 Å². The zero-order chi connectivity index (χ0) is 12.8. The van der Waals surface area contributed by atoms with Crippen LogP contribution in [0.25, 0.3) is 0 Å². The lowest BCUT2D eigenvalue weighted by Crippen LogP contribution is -2.31. The van der Waals surface area contributed by atoms with Crippen LogP contribution in [0.15, 0.2) is 18.2 Å². The lowest BCUT2D eigenvalue weighted by Gasteiger charge is -2.20. The molecule has 1 aromatic carbocycles. The Kier molecular flexibility index (Phi) is 5.28. The van der Waals surface area contributed by atoms with E-state index in [4.69, 9.17) is 0 Å². The van der Waals surface area contributed by atoms with Crippen LogP contribution in [-0.4, -0.2) is 39.4 Å². The molecule has 0 bridgehead atoms. The van der Waals surface area contributed by atoms with Crippen molar-refractivity contribution in [2.45, 2.75) is 13.3 Å². The molecule has 0 aliphatic heterocycles. The fourth-order valence-electron chi connectivity index (χ4n) is 1.56. The molecule has 0 aliphatic carbocycles. The van der Waals surface area contributed by atoms with Gasteiger partial charge in [-0.3, -0.25) is 4.79 Å². The second-order valence-electron chi connectivity index (χ2n) is 3.67. The van der Waals surface area contributed by atoms with Crippen LogP contribution in [0.3, 0.4) is 0 Å². The maximum Gasteiger partial charge on any atom is 0.254 e. The Morgan fingerprint density at radius 3 is 2.35 bits per heavy atom. The zero-order valence-corrected chi connectivity index (χ0v) is 11.3. The van der Waals surface area contributed by atoms with Crippen molar-refractivity contribution in [2.24, 2.45) is 0 Å². The van der Waals surface area contributed by atoms with Gasteiger partial charge in [-0.05, 0) is 25.5 Å². The predicted octanol–water partition coefficient (Wildman–Crippen LogP) is 2.34. The van der Waals surface area contributed by atoms with Crippen molar-refractivity contribution in [1.82, 2.24) is 4.90 Å². The standard InChI is InChI=1S/C12H16BrNO3/c1-2-14(5-3-4-13)12(17)9-6-10(15)8-11(16)7-9/h6-8,15-16H,2-5H2,1H3. The third-order valence-electron chi connectivity index (χ3n) is 2.38. The summed E-state index contributed by atoms with van der Waals surface area (Å²) in [6.07, 6.45) is 0.865. The van der Waals surface area contributed by atoms with Crippen LogP contribution in [0, 0.1) is 0 Å². The Hall–Kier alpha value is -1.23. The van der Waals surface area contributed by atoms with Crippen molar-refractivity contribution in [1.29, 1.82) is 0 Å². The molecule has 1 rings (SSSR count). The van der Waals surface area contributed by atoms with Gasteiger partial charge in [0.25, 0.3) is 5.91 Å². The molecule has 0 aromatic heterocycles. The molecule has 1 aromatic rings. The summed E-state index contributed by atoms with van der Waals surface area (Å²) in [5.74, 6) is -0.394. The van der Waals surface area contributed by atoms with Gasteiger partial charge in [-0.15, -0.1) is 0 Å². The maximum atomic E-state index is 12.1. The van der Waals surface area contributed by atoms with Crippen LogP contribution in [0.2, 0.25) is 0 Å². The van der Waals surface area contributed by atoms with Crippen LogP contribution in [0.4, 0.5) is 0 Å². The van der Waals surface area contributed by atoms with Crippen molar-refractivity contribution < 1.29 is 15.0 Å². The Labute approximate surface area is 109 Å². The summed E-state index contributed by atoms with van der Waals surface area (Å²) in [6.45, 7) is 3.15. The maximum absolute atomic E-state index is 12.1.